The molecule has 1 aliphatic heterocycles. The Hall–Kier alpha value is -1.67. The zero-order chi connectivity index (χ0) is 19.6. The van der Waals surface area contributed by atoms with Gasteiger partial charge in [0, 0.05) is 36.9 Å². The zero-order valence-corrected chi connectivity index (χ0v) is 17.7. The lowest BCUT2D eigenvalue weighted by molar-refractivity contribution is 0.268. The highest BCUT2D eigenvalue weighted by Crippen LogP contribution is 2.20. The number of anilines is 1. The van der Waals surface area contributed by atoms with Gasteiger partial charge < -0.3 is 10.2 Å². The fourth-order valence-corrected chi connectivity index (χ4v) is 4.76. The summed E-state index contributed by atoms with van der Waals surface area (Å²) in [4.78, 5) is 2.26. The molecule has 2 aromatic carbocycles. The third-order valence-electron chi connectivity index (χ3n) is 4.74. The Balaban J connectivity index is 1.61. The van der Waals surface area contributed by atoms with E-state index in [2.05, 4.69) is 31.3 Å². The number of hydrogen-bond acceptors (Lipinski definition) is 3. The van der Waals surface area contributed by atoms with Crippen LogP contribution >= 0.6 is 23.8 Å². The molecule has 2 aromatic rings. The van der Waals surface area contributed by atoms with Crippen LogP contribution in [0.25, 0.3) is 0 Å². The molecule has 144 valence electrons. The predicted molar refractivity (Wildman–Crippen MR) is 114 cm³/mol. The molecule has 0 radical (unpaired) electrons. The molecule has 8 heteroatoms. The molecule has 1 fully saturated rings. The minimum atomic E-state index is -3.51. The lowest BCUT2D eigenvalue weighted by Gasteiger charge is -2.35. The van der Waals surface area contributed by atoms with E-state index in [0.29, 0.717) is 36.3 Å². The summed E-state index contributed by atoms with van der Waals surface area (Å²) in [5, 5.41) is 4.37. The summed E-state index contributed by atoms with van der Waals surface area (Å²) in [6.45, 7) is 5.99. The Morgan fingerprint density at radius 1 is 1.00 bits per heavy atom. The summed E-state index contributed by atoms with van der Waals surface area (Å²) < 4.78 is 27.0. The Bertz CT molecular complexity index is 938. The van der Waals surface area contributed by atoms with E-state index < -0.39 is 10.0 Å². The molecule has 0 aliphatic carbocycles. The molecule has 3 rings (SSSR count). The van der Waals surface area contributed by atoms with Gasteiger partial charge in [0.15, 0.2) is 5.11 Å². The third-order valence-corrected chi connectivity index (χ3v) is 7.26. The summed E-state index contributed by atoms with van der Waals surface area (Å²) >= 11 is 11.4. The molecule has 0 spiro atoms. The second-order valence-electron chi connectivity index (χ2n) is 6.57. The Labute approximate surface area is 171 Å². The first kappa shape index (κ1) is 20.1. The zero-order valence-electron chi connectivity index (χ0n) is 15.3. The quantitative estimate of drug-likeness (QED) is 0.763. The number of thiocarbonyl (C=S) groups is 1. The summed E-state index contributed by atoms with van der Waals surface area (Å²) in [7, 11) is -3.51. The van der Waals surface area contributed by atoms with Gasteiger partial charge >= 0.3 is 0 Å². The van der Waals surface area contributed by atoms with Crippen LogP contribution in [-0.2, 0) is 10.0 Å². The van der Waals surface area contributed by atoms with E-state index in [9.17, 15) is 8.42 Å². The van der Waals surface area contributed by atoms with Gasteiger partial charge in [0.05, 0.1) is 4.90 Å². The monoisotopic (exact) mass is 423 g/mol. The number of hydrogen-bond donors (Lipinski definition) is 1. The molecular weight excluding hydrogens is 402 g/mol. The molecule has 0 bridgehead atoms. The highest BCUT2D eigenvalue weighted by molar-refractivity contribution is 7.89. The third kappa shape index (κ3) is 4.60. The molecule has 27 heavy (non-hydrogen) atoms. The second kappa shape index (κ2) is 8.14. The SMILES string of the molecule is Cc1ccc(NC(=S)N2CCN(S(=O)(=O)c3ccc(Cl)cc3)CC2)cc1C. The molecular formula is C19H22ClN3O2S2. The van der Waals surface area contributed by atoms with Gasteiger partial charge in [-0.25, -0.2) is 8.42 Å². The minimum Gasteiger partial charge on any atom is -0.346 e. The van der Waals surface area contributed by atoms with E-state index >= 15 is 0 Å². The summed E-state index contributed by atoms with van der Waals surface area (Å²) in [6.07, 6.45) is 0. The van der Waals surface area contributed by atoms with Crippen molar-refractivity contribution >= 4 is 44.6 Å². The number of halogens is 1. The van der Waals surface area contributed by atoms with Crippen molar-refractivity contribution in [2.24, 2.45) is 0 Å². The molecule has 1 aliphatic rings. The molecule has 1 N–H and O–H groups in total. The number of benzene rings is 2. The van der Waals surface area contributed by atoms with Crippen molar-refractivity contribution < 1.29 is 8.42 Å². The van der Waals surface area contributed by atoms with E-state index in [-0.39, 0.29) is 4.90 Å². The van der Waals surface area contributed by atoms with Crippen LogP contribution in [-0.4, -0.2) is 48.9 Å². The van der Waals surface area contributed by atoms with Crippen molar-refractivity contribution in [3.8, 4) is 0 Å². The molecule has 0 unspecified atom stereocenters. The number of rotatable bonds is 3. The summed E-state index contributed by atoms with van der Waals surface area (Å²) in [6, 6.07) is 12.4. The average Bonchev–Trinajstić information content (AvgIpc) is 2.65. The number of aryl methyl sites for hydroxylation is 2. The second-order valence-corrected chi connectivity index (χ2v) is 9.34. The standard InChI is InChI=1S/C19H22ClN3O2S2/c1-14-3-6-17(13-15(14)2)21-19(26)22-9-11-23(12-10-22)27(24,25)18-7-4-16(20)5-8-18/h3-8,13H,9-12H2,1-2H3,(H,21,26). The van der Waals surface area contributed by atoms with Crippen molar-refractivity contribution in [2.45, 2.75) is 18.7 Å². The minimum absolute atomic E-state index is 0.260. The fourth-order valence-electron chi connectivity index (χ4n) is 2.91. The maximum absolute atomic E-state index is 12.8. The van der Waals surface area contributed by atoms with E-state index in [0.717, 1.165) is 5.69 Å². The van der Waals surface area contributed by atoms with Gasteiger partial charge in [0.1, 0.15) is 0 Å². The van der Waals surface area contributed by atoms with Crippen LogP contribution in [0.4, 0.5) is 5.69 Å². The topological polar surface area (TPSA) is 52.6 Å². The van der Waals surface area contributed by atoms with Gasteiger partial charge in [-0.05, 0) is 73.6 Å². The van der Waals surface area contributed by atoms with Crippen LogP contribution in [0, 0.1) is 13.8 Å². The predicted octanol–water partition coefficient (Wildman–Crippen LogP) is 3.66. The van der Waals surface area contributed by atoms with E-state index in [1.54, 1.807) is 12.1 Å². The molecule has 0 amide bonds. The first-order valence-corrected chi connectivity index (χ1v) is 10.9. The first-order valence-electron chi connectivity index (χ1n) is 8.66. The maximum atomic E-state index is 12.8. The molecule has 5 nitrogen and oxygen atoms in total. The molecule has 1 saturated heterocycles. The molecule has 0 saturated carbocycles. The summed E-state index contributed by atoms with van der Waals surface area (Å²) in [5.41, 5.74) is 3.37. The van der Waals surface area contributed by atoms with E-state index in [1.807, 2.05) is 11.0 Å². The smallest absolute Gasteiger partial charge is 0.243 e. The van der Waals surface area contributed by atoms with Gasteiger partial charge in [-0.15, -0.1) is 0 Å². The van der Waals surface area contributed by atoms with Crippen molar-refractivity contribution in [3.63, 3.8) is 0 Å². The van der Waals surface area contributed by atoms with Crippen molar-refractivity contribution in [1.29, 1.82) is 0 Å². The Kier molecular flexibility index (Phi) is 6.05. The van der Waals surface area contributed by atoms with Crippen LogP contribution in [0.2, 0.25) is 5.02 Å². The van der Waals surface area contributed by atoms with Crippen molar-refractivity contribution in [1.82, 2.24) is 9.21 Å². The Morgan fingerprint density at radius 3 is 2.22 bits per heavy atom. The first-order chi connectivity index (χ1) is 12.8. The number of nitrogens with one attached hydrogen (secondary N) is 1. The van der Waals surface area contributed by atoms with E-state index in [4.69, 9.17) is 23.8 Å². The van der Waals surface area contributed by atoms with Gasteiger partial charge in [0.2, 0.25) is 10.0 Å². The molecule has 1 heterocycles. The van der Waals surface area contributed by atoms with Gasteiger partial charge in [-0.2, -0.15) is 4.31 Å². The molecule has 0 aromatic heterocycles. The number of piperazine rings is 1. The largest absolute Gasteiger partial charge is 0.346 e. The van der Waals surface area contributed by atoms with Crippen LogP contribution in [0.5, 0.6) is 0 Å². The number of nitrogens with zero attached hydrogens (tertiary/aromatic N) is 2. The van der Waals surface area contributed by atoms with Crippen LogP contribution in [0.15, 0.2) is 47.4 Å². The molecule has 0 atom stereocenters. The lowest BCUT2D eigenvalue weighted by atomic mass is 10.1. The number of sulfonamides is 1. The lowest BCUT2D eigenvalue weighted by Crippen LogP contribution is -2.51. The average molecular weight is 424 g/mol. The van der Waals surface area contributed by atoms with Gasteiger partial charge in [0.25, 0.3) is 0 Å². The van der Waals surface area contributed by atoms with Crippen LogP contribution in [0.1, 0.15) is 11.1 Å². The fraction of sp³-hybridized carbons (Fsp3) is 0.316. The van der Waals surface area contributed by atoms with Gasteiger partial charge in [-0.1, -0.05) is 17.7 Å². The van der Waals surface area contributed by atoms with Crippen molar-refractivity contribution in [2.75, 3.05) is 31.5 Å². The highest BCUT2D eigenvalue weighted by Gasteiger charge is 2.29. The van der Waals surface area contributed by atoms with Crippen LogP contribution in [0.3, 0.4) is 0 Å². The maximum Gasteiger partial charge on any atom is 0.243 e. The summed E-state index contributed by atoms with van der Waals surface area (Å²) in [5.74, 6) is 0. The van der Waals surface area contributed by atoms with E-state index in [1.165, 1.54) is 27.6 Å². The normalized spacial score (nSPS) is 15.6. The highest BCUT2D eigenvalue weighted by atomic mass is 35.5. The van der Waals surface area contributed by atoms with Crippen molar-refractivity contribution in [3.05, 3.63) is 58.6 Å². The van der Waals surface area contributed by atoms with Gasteiger partial charge in [-0.3, -0.25) is 0 Å². The Morgan fingerprint density at radius 2 is 1.63 bits per heavy atom. The van der Waals surface area contributed by atoms with Crippen LogP contribution < -0.4 is 5.32 Å².